The van der Waals surface area contributed by atoms with E-state index in [4.69, 9.17) is 0 Å². The van der Waals surface area contributed by atoms with Gasteiger partial charge < -0.3 is 10.1 Å². The van der Waals surface area contributed by atoms with E-state index in [0.29, 0.717) is 24.3 Å². The molecule has 0 spiro atoms. The predicted octanol–water partition coefficient (Wildman–Crippen LogP) is 6.23. The number of hydrogen-bond donors (Lipinski definition) is 2. The molecule has 0 radical (unpaired) electrons. The molecular formula is C37H40N2O2Si. The number of carbonyl (C=O) groups is 1. The molecule has 4 nitrogen and oxygen atoms in total. The molecule has 1 unspecified atom stereocenters. The number of Topliss-reactive ketones (excluding diaryl/α,β-unsaturated/α-hetero) is 1. The highest BCUT2D eigenvalue weighted by atomic mass is 28.3. The summed E-state index contributed by atoms with van der Waals surface area (Å²) in [5.41, 5.74) is 6.02. The maximum Gasteiger partial charge on any atom is 0.165 e. The van der Waals surface area contributed by atoms with Crippen LogP contribution in [0.15, 0.2) is 116 Å². The average Bonchev–Trinajstić information content (AvgIpc) is 3.37. The molecule has 2 aromatic heterocycles. The van der Waals surface area contributed by atoms with Crippen molar-refractivity contribution < 1.29 is 9.90 Å². The molecule has 1 aliphatic rings. The van der Waals surface area contributed by atoms with Crippen molar-refractivity contribution in [2.45, 2.75) is 45.1 Å². The minimum Gasteiger partial charge on any atom is -0.396 e. The number of aliphatic hydroxyl groups is 1. The minimum atomic E-state index is -1.14. The van der Waals surface area contributed by atoms with Crippen molar-refractivity contribution in [2.24, 2.45) is 5.92 Å². The van der Waals surface area contributed by atoms with Gasteiger partial charge in [0.2, 0.25) is 0 Å². The molecule has 5 aromatic rings. The first kappa shape index (κ1) is 29.4. The lowest BCUT2D eigenvalue weighted by Gasteiger charge is -2.30. The molecule has 0 aliphatic heterocycles. The van der Waals surface area contributed by atoms with Gasteiger partial charge in [-0.25, -0.2) is 0 Å². The Labute approximate surface area is 251 Å². The summed E-state index contributed by atoms with van der Waals surface area (Å²) < 4.78 is 0. The van der Waals surface area contributed by atoms with Crippen molar-refractivity contribution in [3.8, 4) is 11.3 Å². The largest absolute Gasteiger partial charge is 0.396 e. The number of nitrogens with zero attached hydrogens (tertiary/aromatic N) is 1. The summed E-state index contributed by atoms with van der Waals surface area (Å²) in [6, 6.07) is 36.1. The highest BCUT2D eigenvalue weighted by Gasteiger charge is 2.31. The van der Waals surface area contributed by atoms with E-state index in [0.717, 1.165) is 28.1 Å². The number of ketones is 1. The van der Waals surface area contributed by atoms with Crippen LogP contribution in [0.4, 0.5) is 0 Å². The molecule has 2 N–H and O–H groups in total. The second-order valence-corrected chi connectivity index (χ2v) is 16.2. The molecule has 1 atom stereocenters. The molecular weight excluding hydrogens is 533 g/mol. The van der Waals surface area contributed by atoms with Crippen LogP contribution in [0.3, 0.4) is 0 Å². The topological polar surface area (TPSA) is 66.0 Å². The fraction of sp³-hybridized carbons (Fsp3) is 0.243. The number of aliphatic hydroxyl groups excluding tert-OH is 1. The smallest absolute Gasteiger partial charge is 0.165 e. The Hall–Kier alpha value is -4.06. The van der Waals surface area contributed by atoms with Crippen molar-refractivity contribution in [1.29, 1.82) is 0 Å². The molecule has 214 valence electrons. The fourth-order valence-electron chi connectivity index (χ4n) is 6.17. The zero-order chi connectivity index (χ0) is 29.5. The molecule has 0 saturated heterocycles. The van der Waals surface area contributed by atoms with Gasteiger partial charge in [0.15, 0.2) is 5.78 Å². The van der Waals surface area contributed by atoms with Crippen LogP contribution in [0.5, 0.6) is 0 Å². The van der Waals surface area contributed by atoms with Crippen molar-refractivity contribution in [2.75, 3.05) is 6.61 Å². The Bertz CT molecular complexity index is 1540. The minimum absolute atomic E-state index is 0.00788. The predicted molar refractivity (Wildman–Crippen MR) is 176 cm³/mol. The molecule has 0 bridgehead atoms. The lowest BCUT2D eigenvalue weighted by atomic mass is 9.84. The van der Waals surface area contributed by atoms with Gasteiger partial charge in [0.1, 0.15) is 8.80 Å². The Morgan fingerprint density at radius 2 is 1.36 bits per heavy atom. The van der Waals surface area contributed by atoms with Crippen LogP contribution in [-0.2, 0) is 12.8 Å². The standard InChI is InChI=1S/C21H20N2O2.C16H20Si/c24-13-15-11-18-20(19(25)12-15)17(10-14-4-2-1-3-5-14)21(23-18)16-6-8-22-9-7-16;1-16(2,3)17(14-10-6-4-7-11-14)15-12-8-5-9-13-15/h1-9,15,23-24H,10-13H2;4-13,17H,1-3H3. The quantitative estimate of drug-likeness (QED) is 0.237. The Morgan fingerprint density at radius 1 is 0.810 bits per heavy atom. The molecule has 5 heteroatoms. The number of aromatic amines is 1. The van der Waals surface area contributed by atoms with Crippen molar-refractivity contribution >= 4 is 25.0 Å². The van der Waals surface area contributed by atoms with Crippen LogP contribution in [0.25, 0.3) is 11.3 Å². The number of nitrogens with one attached hydrogen (secondary N) is 1. The van der Waals surface area contributed by atoms with Crippen LogP contribution in [-0.4, -0.2) is 36.3 Å². The fourth-order valence-corrected chi connectivity index (χ4v) is 9.76. The normalized spacial score (nSPS) is 14.7. The zero-order valence-electron chi connectivity index (χ0n) is 24.8. The van der Waals surface area contributed by atoms with E-state index < -0.39 is 8.80 Å². The van der Waals surface area contributed by atoms with Gasteiger partial charge in [0, 0.05) is 48.7 Å². The van der Waals surface area contributed by atoms with Crippen molar-refractivity contribution in [3.63, 3.8) is 0 Å². The van der Waals surface area contributed by atoms with Crippen LogP contribution in [0.1, 0.15) is 54.4 Å². The van der Waals surface area contributed by atoms with Crippen LogP contribution in [0.2, 0.25) is 5.04 Å². The number of fused-ring (bicyclic) bond motifs is 1. The van der Waals surface area contributed by atoms with E-state index in [1.54, 1.807) is 12.4 Å². The van der Waals surface area contributed by atoms with Crippen LogP contribution >= 0.6 is 0 Å². The van der Waals surface area contributed by atoms with E-state index in [1.807, 2.05) is 30.3 Å². The molecule has 0 fully saturated rings. The summed E-state index contributed by atoms with van der Waals surface area (Å²) >= 11 is 0. The highest BCUT2D eigenvalue weighted by Crippen LogP contribution is 2.35. The maximum atomic E-state index is 12.8. The Balaban J connectivity index is 0.000000181. The Kier molecular flexibility index (Phi) is 9.30. The van der Waals surface area contributed by atoms with Gasteiger partial charge in [-0.15, -0.1) is 0 Å². The lowest BCUT2D eigenvalue weighted by Crippen LogP contribution is -2.48. The zero-order valence-corrected chi connectivity index (χ0v) is 25.9. The first-order valence-electron chi connectivity index (χ1n) is 14.8. The first-order valence-corrected chi connectivity index (χ1v) is 16.5. The average molecular weight is 573 g/mol. The number of carbonyl (C=O) groups excluding carboxylic acids is 1. The molecule has 1 aliphatic carbocycles. The summed E-state index contributed by atoms with van der Waals surface area (Å²) in [7, 11) is -1.14. The molecule has 3 aromatic carbocycles. The number of benzene rings is 3. The second-order valence-electron chi connectivity index (χ2n) is 12.2. The highest BCUT2D eigenvalue weighted by molar-refractivity contribution is 6.87. The molecule has 6 rings (SSSR count). The number of hydrogen-bond acceptors (Lipinski definition) is 3. The van der Waals surface area contributed by atoms with Gasteiger partial charge in [-0.1, -0.05) is 122 Å². The van der Waals surface area contributed by atoms with Crippen LogP contribution < -0.4 is 10.4 Å². The summed E-state index contributed by atoms with van der Waals surface area (Å²) in [4.78, 5) is 20.3. The number of H-pyrrole nitrogens is 1. The van der Waals surface area contributed by atoms with Gasteiger partial charge in [0.05, 0.1) is 5.69 Å². The molecule has 0 amide bonds. The molecule has 42 heavy (non-hydrogen) atoms. The Morgan fingerprint density at radius 3 is 1.88 bits per heavy atom. The lowest BCUT2D eigenvalue weighted by molar-refractivity contribution is 0.0917. The number of rotatable bonds is 6. The van der Waals surface area contributed by atoms with Gasteiger partial charge >= 0.3 is 0 Å². The van der Waals surface area contributed by atoms with Gasteiger partial charge in [-0.2, -0.15) is 0 Å². The van der Waals surface area contributed by atoms with E-state index in [2.05, 4.69) is 104 Å². The SMILES string of the molecule is CC(C)(C)[SiH](c1ccccc1)c1ccccc1.O=C1CC(CO)Cc2[nH]c(-c3ccncc3)c(Cc3ccccc3)c21. The van der Waals surface area contributed by atoms with E-state index >= 15 is 0 Å². The van der Waals surface area contributed by atoms with Crippen LogP contribution in [0, 0.1) is 5.92 Å². The third-order valence-corrected chi connectivity index (χ3v) is 11.8. The van der Waals surface area contributed by atoms with E-state index in [9.17, 15) is 9.90 Å². The number of aromatic nitrogens is 2. The third-order valence-electron chi connectivity index (χ3n) is 8.01. The summed E-state index contributed by atoms with van der Waals surface area (Å²) in [6.45, 7) is 7.14. The van der Waals surface area contributed by atoms with E-state index in [1.165, 1.54) is 15.9 Å². The maximum absolute atomic E-state index is 12.8. The van der Waals surface area contributed by atoms with Gasteiger partial charge in [0.25, 0.3) is 0 Å². The monoisotopic (exact) mass is 572 g/mol. The second kappa shape index (κ2) is 13.3. The van der Waals surface area contributed by atoms with Gasteiger partial charge in [-0.05, 0) is 40.6 Å². The summed E-state index contributed by atoms with van der Waals surface area (Å²) in [5.74, 6) is 0.135. The van der Waals surface area contributed by atoms with Gasteiger partial charge in [-0.3, -0.25) is 9.78 Å². The van der Waals surface area contributed by atoms with Crippen molar-refractivity contribution in [3.05, 3.63) is 138 Å². The molecule has 0 saturated carbocycles. The summed E-state index contributed by atoms with van der Waals surface area (Å²) in [5, 5.41) is 12.9. The van der Waals surface area contributed by atoms with E-state index in [-0.39, 0.29) is 18.3 Å². The summed E-state index contributed by atoms with van der Waals surface area (Å²) in [6.07, 6.45) is 5.36. The first-order chi connectivity index (χ1) is 20.3. The third kappa shape index (κ3) is 6.86. The molecule has 2 heterocycles. The van der Waals surface area contributed by atoms with Crippen molar-refractivity contribution in [1.82, 2.24) is 9.97 Å². The number of pyridine rings is 1.